The second-order valence-electron chi connectivity index (χ2n) is 6.68. The number of rotatable bonds is 1. The topological polar surface area (TPSA) is 29.9 Å². The number of nitrogens with zero attached hydrogens (tertiary/aromatic N) is 2. The number of alkyl halides is 3. The average Bonchev–Trinajstić information content (AvgIpc) is 2.98. The molecular weight excluding hydrogens is 327 g/mol. The van der Waals surface area contributed by atoms with E-state index in [4.69, 9.17) is 11.6 Å². The molecule has 0 saturated carbocycles. The second kappa shape index (κ2) is 5.16. The van der Waals surface area contributed by atoms with Crippen molar-refractivity contribution in [2.75, 3.05) is 11.9 Å². The lowest BCUT2D eigenvalue weighted by atomic mass is 9.89. The van der Waals surface area contributed by atoms with Crippen molar-refractivity contribution in [2.45, 2.75) is 38.8 Å². The molecule has 0 aliphatic carbocycles. The third-order valence-electron chi connectivity index (χ3n) is 3.86. The molecule has 0 bridgehead atoms. The monoisotopic (exact) mass is 343 g/mol. The van der Waals surface area contributed by atoms with E-state index in [9.17, 15) is 13.2 Å². The van der Waals surface area contributed by atoms with Gasteiger partial charge in [-0.2, -0.15) is 18.3 Å². The summed E-state index contributed by atoms with van der Waals surface area (Å²) in [5, 5.41) is 8.00. The molecule has 0 unspecified atom stereocenters. The highest BCUT2D eigenvalue weighted by atomic mass is 35.5. The lowest BCUT2D eigenvalue weighted by molar-refractivity contribution is -0.137. The van der Waals surface area contributed by atoms with Crippen molar-refractivity contribution < 1.29 is 13.2 Å². The first-order valence-corrected chi connectivity index (χ1v) is 7.70. The van der Waals surface area contributed by atoms with Gasteiger partial charge in [-0.15, -0.1) is 0 Å². The van der Waals surface area contributed by atoms with Crippen LogP contribution < -0.4 is 5.32 Å². The lowest BCUT2D eigenvalue weighted by Gasteiger charge is -2.17. The van der Waals surface area contributed by atoms with Gasteiger partial charge in [0, 0.05) is 17.5 Å². The van der Waals surface area contributed by atoms with Crippen LogP contribution in [0.1, 0.15) is 37.6 Å². The van der Waals surface area contributed by atoms with Crippen LogP contribution >= 0.6 is 11.6 Å². The van der Waals surface area contributed by atoms with E-state index in [1.165, 1.54) is 10.7 Å². The molecule has 7 heteroatoms. The van der Waals surface area contributed by atoms with Crippen LogP contribution in [-0.4, -0.2) is 16.3 Å². The minimum atomic E-state index is -4.42. The fourth-order valence-electron chi connectivity index (χ4n) is 2.80. The molecule has 3 rings (SSSR count). The van der Waals surface area contributed by atoms with Crippen LogP contribution in [0, 0.1) is 0 Å². The summed E-state index contributed by atoms with van der Waals surface area (Å²) < 4.78 is 40.5. The van der Waals surface area contributed by atoms with Crippen molar-refractivity contribution in [1.29, 1.82) is 0 Å². The fourth-order valence-corrected chi connectivity index (χ4v) is 3.00. The van der Waals surface area contributed by atoms with Crippen molar-refractivity contribution in [3.05, 3.63) is 40.0 Å². The Hall–Kier alpha value is -1.69. The minimum Gasteiger partial charge on any atom is -0.369 e. The highest BCUT2D eigenvalue weighted by Gasteiger charge is 2.33. The number of hydrogen-bond acceptors (Lipinski definition) is 2. The van der Waals surface area contributed by atoms with Crippen LogP contribution in [-0.2, 0) is 18.0 Å². The van der Waals surface area contributed by atoms with Gasteiger partial charge in [-0.1, -0.05) is 32.4 Å². The first-order chi connectivity index (χ1) is 10.6. The normalized spacial score (nSPS) is 14.7. The smallest absolute Gasteiger partial charge is 0.369 e. The molecule has 1 aliphatic rings. The van der Waals surface area contributed by atoms with Gasteiger partial charge in [-0.3, -0.25) is 0 Å². The highest BCUT2D eigenvalue weighted by molar-refractivity contribution is 6.32. The Kier molecular flexibility index (Phi) is 3.63. The molecule has 0 fully saturated rings. The van der Waals surface area contributed by atoms with Gasteiger partial charge in [0.25, 0.3) is 0 Å². The summed E-state index contributed by atoms with van der Waals surface area (Å²) in [5.74, 6) is 0.733. The summed E-state index contributed by atoms with van der Waals surface area (Å²) in [6, 6.07) is 3.29. The molecule has 1 aromatic heterocycles. The zero-order chi connectivity index (χ0) is 17.0. The zero-order valence-corrected chi connectivity index (χ0v) is 13.8. The molecule has 1 N–H and O–H groups in total. The van der Waals surface area contributed by atoms with Crippen molar-refractivity contribution in [3.8, 4) is 5.69 Å². The molecule has 0 spiro atoms. The molecule has 1 aromatic carbocycles. The number of fused-ring (bicyclic) bond motifs is 1. The van der Waals surface area contributed by atoms with Crippen LogP contribution in [0.15, 0.2) is 18.2 Å². The lowest BCUT2D eigenvalue weighted by Crippen LogP contribution is -2.16. The summed E-state index contributed by atoms with van der Waals surface area (Å²) in [6.07, 6.45) is -3.62. The fraction of sp³-hybridized carbons (Fsp3) is 0.438. The van der Waals surface area contributed by atoms with Gasteiger partial charge in [0.15, 0.2) is 0 Å². The predicted molar refractivity (Wildman–Crippen MR) is 84.5 cm³/mol. The van der Waals surface area contributed by atoms with Gasteiger partial charge < -0.3 is 5.32 Å². The molecule has 23 heavy (non-hydrogen) atoms. The number of hydrogen-bond donors (Lipinski definition) is 1. The Morgan fingerprint density at radius 2 is 1.91 bits per heavy atom. The van der Waals surface area contributed by atoms with E-state index < -0.39 is 11.7 Å². The van der Waals surface area contributed by atoms with Crippen LogP contribution in [0.2, 0.25) is 5.02 Å². The van der Waals surface area contributed by atoms with E-state index in [0.717, 1.165) is 42.2 Å². The third kappa shape index (κ3) is 2.80. The highest BCUT2D eigenvalue weighted by Crippen LogP contribution is 2.38. The van der Waals surface area contributed by atoms with Gasteiger partial charge >= 0.3 is 6.18 Å². The van der Waals surface area contributed by atoms with Crippen molar-refractivity contribution in [3.63, 3.8) is 0 Å². The molecule has 2 aromatic rings. The van der Waals surface area contributed by atoms with E-state index in [2.05, 4.69) is 10.4 Å². The number of aromatic nitrogens is 2. The van der Waals surface area contributed by atoms with Crippen LogP contribution in [0.25, 0.3) is 5.69 Å². The molecule has 0 saturated heterocycles. The third-order valence-corrected chi connectivity index (χ3v) is 4.18. The van der Waals surface area contributed by atoms with Gasteiger partial charge in [0.1, 0.15) is 5.82 Å². The maximum atomic E-state index is 13.0. The quantitative estimate of drug-likeness (QED) is 0.805. The standard InChI is InChI=1S/C16H17ClF3N3/c1-15(2,3)13-10-6-7-21-14(10)23(22-13)12-8-9(16(18,19)20)4-5-11(12)17/h4-5,8,21H,6-7H2,1-3H3. The largest absolute Gasteiger partial charge is 0.416 e. The molecule has 3 nitrogen and oxygen atoms in total. The number of anilines is 1. The van der Waals surface area contributed by atoms with Gasteiger partial charge in [0.05, 0.1) is 22.0 Å². The molecule has 0 amide bonds. The zero-order valence-electron chi connectivity index (χ0n) is 13.1. The van der Waals surface area contributed by atoms with Crippen LogP contribution in [0.4, 0.5) is 19.0 Å². The summed E-state index contributed by atoms with van der Waals surface area (Å²) in [6.45, 7) is 6.84. The van der Waals surface area contributed by atoms with E-state index in [-0.39, 0.29) is 16.1 Å². The number of nitrogens with one attached hydrogen (secondary N) is 1. The first-order valence-electron chi connectivity index (χ1n) is 7.32. The summed E-state index contributed by atoms with van der Waals surface area (Å²) in [4.78, 5) is 0. The minimum absolute atomic E-state index is 0.199. The van der Waals surface area contributed by atoms with Gasteiger partial charge in [-0.05, 0) is 24.6 Å². The van der Waals surface area contributed by atoms with Crippen LogP contribution in [0.5, 0.6) is 0 Å². The second-order valence-corrected chi connectivity index (χ2v) is 7.09. The predicted octanol–water partition coefficient (Wildman–Crippen LogP) is 4.81. The van der Waals surface area contributed by atoms with Crippen LogP contribution in [0.3, 0.4) is 0 Å². The van der Waals surface area contributed by atoms with E-state index in [0.29, 0.717) is 0 Å². The molecule has 0 atom stereocenters. The number of benzene rings is 1. The Labute approximate surface area is 137 Å². The molecule has 124 valence electrons. The number of halogens is 4. The van der Waals surface area contributed by atoms with E-state index in [1.54, 1.807) is 0 Å². The molecule has 1 aliphatic heterocycles. The Balaban J connectivity index is 2.21. The maximum Gasteiger partial charge on any atom is 0.416 e. The summed E-state index contributed by atoms with van der Waals surface area (Å²) in [5.41, 5.74) is 1.23. The first kappa shape index (κ1) is 16.2. The van der Waals surface area contributed by atoms with Gasteiger partial charge in [-0.25, -0.2) is 4.68 Å². The van der Waals surface area contributed by atoms with E-state index >= 15 is 0 Å². The summed E-state index contributed by atoms with van der Waals surface area (Å²) in [7, 11) is 0. The summed E-state index contributed by atoms with van der Waals surface area (Å²) >= 11 is 6.15. The SMILES string of the molecule is CC(C)(C)c1nn(-c2cc(C(F)(F)F)ccc2Cl)c2c1CCN2. The molecule has 0 radical (unpaired) electrons. The Bertz CT molecular complexity index is 757. The molecule has 2 heterocycles. The molecular formula is C16H17ClF3N3. The van der Waals surface area contributed by atoms with Crippen molar-refractivity contribution >= 4 is 17.4 Å². The Morgan fingerprint density at radius 3 is 2.52 bits per heavy atom. The maximum absolute atomic E-state index is 13.0. The average molecular weight is 344 g/mol. The Morgan fingerprint density at radius 1 is 1.22 bits per heavy atom. The van der Waals surface area contributed by atoms with Crippen molar-refractivity contribution in [1.82, 2.24) is 9.78 Å². The van der Waals surface area contributed by atoms with E-state index in [1.807, 2.05) is 20.8 Å². The van der Waals surface area contributed by atoms with Gasteiger partial charge in [0.2, 0.25) is 0 Å². The van der Waals surface area contributed by atoms with Crippen molar-refractivity contribution in [2.24, 2.45) is 0 Å².